The lowest BCUT2D eigenvalue weighted by Crippen LogP contribution is -2.33. The summed E-state index contributed by atoms with van der Waals surface area (Å²) in [4.78, 5) is 43.1. The molecule has 152 valence electrons. The predicted octanol–water partition coefficient (Wildman–Crippen LogP) is 3.21. The maximum atomic E-state index is 12.7. The van der Waals surface area contributed by atoms with E-state index in [4.69, 9.17) is 4.74 Å². The quantitative estimate of drug-likeness (QED) is 0.627. The molecule has 1 atom stereocenters. The molecule has 0 aliphatic rings. The number of rotatable bonds is 6. The van der Waals surface area contributed by atoms with Crippen molar-refractivity contribution in [3.05, 3.63) is 57.0 Å². The van der Waals surface area contributed by atoms with Crippen molar-refractivity contribution in [2.75, 3.05) is 5.32 Å². The van der Waals surface area contributed by atoms with Gasteiger partial charge in [0.15, 0.2) is 6.10 Å². The van der Waals surface area contributed by atoms with Crippen LogP contribution in [0.2, 0.25) is 0 Å². The summed E-state index contributed by atoms with van der Waals surface area (Å²) in [6.07, 6.45) is 1.25. The minimum Gasteiger partial charge on any atom is -0.451 e. The first-order valence-corrected chi connectivity index (χ1v) is 10.2. The fourth-order valence-corrected chi connectivity index (χ4v) is 3.86. The Morgan fingerprint density at radius 3 is 2.59 bits per heavy atom. The summed E-state index contributed by atoms with van der Waals surface area (Å²) < 4.78 is 6.41. The number of aryl methyl sites for hydroxylation is 3. The summed E-state index contributed by atoms with van der Waals surface area (Å²) in [6, 6.07) is 7.46. The number of fused-ring (bicyclic) bond motifs is 1. The summed E-state index contributed by atoms with van der Waals surface area (Å²) in [6.45, 7) is 7.02. The van der Waals surface area contributed by atoms with E-state index in [1.165, 1.54) is 29.2 Å². The highest BCUT2D eigenvalue weighted by Crippen LogP contribution is 2.25. The summed E-state index contributed by atoms with van der Waals surface area (Å²) in [5, 5.41) is 3.23. The maximum absolute atomic E-state index is 12.7. The van der Waals surface area contributed by atoms with Crippen LogP contribution in [-0.4, -0.2) is 27.5 Å². The van der Waals surface area contributed by atoms with Gasteiger partial charge < -0.3 is 10.1 Å². The Labute approximate surface area is 172 Å². The number of amides is 1. The Kier molecular flexibility index (Phi) is 6.12. The van der Waals surface area contributed by atoms with E-state index in [2.05, 4.69) is 17.2 Å². The lowest BCUT2D eigenvalue weighted by Gasteiger charge is -2.14. The molecule has 3 rings (SSSR count). The molecule has 0 spiro atoms. The van der Waals surface area contributed by atoms with Crippen molar-refractivity contribution in [1.29, 1.82) is 0 Å². The van der Waals surface area contributed by atoms with Crippen LogP contribution in [0.4, 0.5) is 5.69 Å². The van der Waals surface area contributed by atoms with Crippen molar-refractivity contribution >= 4 is 39.1 Å². The van der Waals surface area contributed by atoms with Gasteiger partial charge in [-0.25, -0.2) is 4.98 Å². The summed E-state index contributed by atoms with van der Waals surface area (Å²) in [5.41, 5.74) is 2.37. The van der Waals surface area contributed by atoms with Gasteiger partial charge in [-0.3, -0.25) is 19.0 Å². The Morgan fingerprint density at radius 1 is 1.24 bits per heavy atom. The lowest BCUT2D eigenvalue weighted by atomic mass is 10.1. The number of hydrogen-bond donors (Lipinski definition) is 1. The number of anilines is 1. The van der Waals surface area contributed by atoms with Crippen LogP contribution in [-0.2, 0) is 27.3 Å². The molecule has 0 bridgehead atoms. The number of thiophene rings is 1. The highest BCUT2D eigenvalue weighted by Gasteiger charge is 2.20. The van der Waals surface area contributed by atoms with E-state index in [9.17, 15) is 14.4 Å². The molecule has 3 aromatic rings. The second kappa shape index (κ2) is 8.57. The third kappa shape index (κ3) is 4.54. The molecule has 2 heterocycles. The number of aromatic nitrogens is 2. The number of esters is 1. The van der Waals surface area contributed by atoms with Gasteiger partial charge in [-0.15, -0.1) is 11.3 Å². The molecule has 1 N–H and O–H groups in total. The van der Waals surface area contributed by atoms with Gasteiger partial charge in [0.1, 0.15) is 11.4 Å². The van der Waals surface area contributed by atoms with Crippen LogP contribution in [0.3, 0.4) is 0 Å². The van der Waals surface area contributed by atoms with Crippen molar-refractivity contribution in [2.45, 2.75) is 46.8 Å². The summed E-state index contributed by atoms with van der Waals surface area (Å²) >= 11 is 1.44. The zero-order valence-electron chi connectivity index (χ0n) is 16.8. The topological polar surface area (TPSA) is 90.3 Å². The van der Waals surface area contributed by atoms with E-state index in [1.807, 2.05) is 26.0 Å². The second-order valence-corrected chi connectivity index (χ2v) is 8.02. The minimum atomic E-state index is -0.995. The van der Waals surface area contributed by atoms with Crippen molar-refractivity contribution in [1.82, 2.24) is 9.55 Å². The Hall–Kier alpha value is -3.00. The first kappa shape index (κ1) is 20.7. The molecule has 0 saturated heterocycles. The highest BCUT2D eigenvalue weighted by atomic mass is 32.1. The summed E-state index contributed by atoms with van der Waals surface area (Å²) in [7, 11) is 0. The van der Waals surface area contributed by atoms with Gasteiger partial charge in [-0.1, -0.05) is 19.1 Å². The van der Waals surface area contributed by atoms with Crippen LogP contribution in [0.15, 0.2) is 35.4 Å². The van der Waals surface area contributed by atoms with Gasteiger partial charge in [0.25, 0.3) is 11.5 Å². The van der Waals surface area contributed by atoms with Crippen LogP contribution in [0.5, 0.6) is 0 Å². The smallest absolute Gasteiger partial charge is 0.326 e. The molecule has 1 aromatic carbocycles. The lowest BCUT2D eigenvalue weighted by molar-refractivity contribution is -0.153. The van der Waals surface area contributed by atoms with Gasteiger partial charge >= 0.3 is 5.97 Å². The molecule has 29 heavy (non-hydrogen) atoms. The Bertz CT molecular complexity index is 1120. The molecule has 2 aromatic heterocycles. The van der Waals surface area contributed by atoms with E-state index in [0.29, 0.717) is 15.9 Å². The standard InChI is InChI=1S/C21H23N3O4S/c1-5-15-6-8-16(9-7-15)23-19(26)13(3)28-17(25)10-24-11-22-20-18(21(24)27)12(2)14(4)29-20/h6-9,11,13H,5,10H2,1-4H3,(H,23,26)/t13-/m0/s1. The number of nitrogens with one attached hydrogen (secondary N) is 1. The molecule has 0 fully saturated rings. The third-order valence-electron chi connectivity index (χ3n) is 4.76. The van der Waals surface area contributed by atoms with Gasteiger partial charge in [0.05, 0.1) is 11.7 Å². The van der Waals surface area contributed by atoms with Crippen LogP contribution in [0, 0.1) is 13.8 Å². The van der Waals surface area contributed by atoms with Crippen molar-refractivity contribution in [2.24, 2.45) is 0 Å². The molecule has 1 amide bonds. The van der Waals surface area contributed by atoms with E-state index >= 15 is 0 Å². The second-order valence-electron chi connectivity index (χ2n) is 6.81. The van der Waals surface area contributed by atoms with Gasteiger partial charge in [0.2, 0.25) is 0 Å². The zero-order valence-corrected chi connectivity index (χ0v) is 17.6. The van der Waals surface area contributed by atoms with E-state index in [-0.39, 0.29) is 12.1 Å². The molecule has 7 nitrogen and oxygen atoms in total. The van der Waals surface area contributed by atoms with E-state index in [1.54, 1.807) is 12.1 Å². The normalized spacial score (nSPS) is 12.0. The van der Waals surface area contributed by atoms with Crippen molar-refractivity contribution < 1.29 is 14.3 Å². The molecule has 0 aliphatic heterocycles. The van der Waals surface area contributed by atoms with Crippen molar-refractivity contribution in [3.8, 4) is 0 Å². The SMILES string of the molecule is CCc1ccc(NC(=O)[C@H](C)OC(=O)Cn2cnc3sc(C)c(C)c3c2=O)cc1. The fourth-order valence-electron chi connectivity index (χ4n) is 2.88. The van der Waals surface area contributed by atoms with Crippen LogP contribution in [0.1, 0.15) is 29.9 Å². The number of hydrogen-bond acceptors (Lipinski definition) is 6. The third-order valence-corrected chi connectivity index (χ3v) is 5.88. The number of carbonyl (C=O) groups is 2. The number of benzene rings is 1. The maximum Gasteiger partial charge on any atom is 0.326 e. The minimum absolute atomic E-state index is 0.290. The number of nitrogens with zero attached hydrogens (tertiary/aromatic N) is 2. The van der Waals surface area contributed by atoms with Crippen molar-refractivity contribution in [3.63, 3.8) is 0 Å². The molecule has 8 heteroatoms. The Balaban J connectivity index is 1.64. The number of ether oxygens (including phenoxy) is 1. The molecule has 0 aliphatic carbocycles. The van der Waals surface area contributed by atoms with Gasteiger partial charge in [-0.05, 0) is 50.5 Å². The average molecular weight is 413 g/mol. The summed E-state index contributed by atoms with van der Waals surface area (Å²) in [5.74, 6) is -1.12. The highest BCUT2D eigenvalue weighted by molar-refractivity contribution is 7.18. The van der Waals surface area contributed by atoms with Gasteiger partial charge in [0, 0.05) is 10.6 Å². The molecular weight excluding hydrogens is 390 g/mol. The van der Waals surface area contributed by atoms with Crippen LogP contribution in [0.25, 0.3) is 10.2 Å². The molecule has 0 radical (unpaired) electrons. The van der Waals surface area contributed by atoms with Crippen LogP contribution < -0.4 is 10.9 Å². The molecule has 0 saturated carbocycles. The Morgan fingerprint density at radius 2 is 1.93 bits per heavy atom. The fraction of sp³-hybridized carbons (Fsp3) is 0.333. The number of carbonyl (C=O) groups excluding carboxylic acids is 2. The zero-order chi connectivity index (χ0) is 21.1. The van der Waals surface area contributed by atoms with E-state index in [0.717, 1.165) is 22.4 Å². The van der Waals surface area contributed by atoms with Gasteiger partial charge in [-0.2, -0.15) is 0 Å². The largest absolute Gasteiger partial charge is 0.451 e. The van der Waals surface area contributed by atoms with Crippen LogP contribution >= 0.6 is 11.3 Å². The molecule has 0 unspecified atom stereocenters. The first-order valence-electron chi connectivity index (χ1n) is 9.34. The average Bonchev–Trinajstić information content (AvgIpc) is 2.99. The first-order chi connectivity index (χ1) is 13.8. The monoisotopic (exact) mass is 413 g/mol. The molecular formula is C21H23N3O4S. The van der Waals surface area contributed by atoms with E-state index < -0.39 is 18.0 Å². The predicted molar refractivity (Wildman–Crippen MR) is 113 cm³/mol.